The third-order valence-corrected chi connectivity index (χ3v) is 4.58. The molecule has 2 aromatic heterocycles. The number of unbranched alkanes of at least 4 members (excludes halogenated alkanes) is 1. The van der Waals surface area contributed by atoms with E-state index < -0.39 is 0 Å². The molecule has 4 aromatic rings. The van der Waals surface area contributed by atoms with Gasteiger partial charge in [0.05, 0.1) is 0 Å². The average molecular weight is 476 g/mol. The van der Waals surface area contributed by atoms with Gasteiger partial charge in [0, 0.05) is 35.7 Å². The van der Waals surface area contributed by atoms with Crippen LogP contribution in [-0.2, 0) is 13.1 Å². The summed E-state index contributed by atoms with van der Waals surface area (Å²) < 4.78 is 4.60. The molecule has 0 aliphatic rings. The second kappa shape index (κ2) is 9.79. The molecule has 0 unspecified atom stereocenters. The number of hydrogen-bond acceptors (Lipinski definition) is 0. The molecule has 2 nitrogen and oxygen atoms in total. The van der Waals surface area contributed by atoms with E-state index >= 15 is 0 Å². The predicted molar refractivity (Wildman–Crippen MR) is 118 cm³/mol. The van der Waals surface area contributed by atoms with Crippen LogP contribution < -0.4 is 9.13 Å². The van der Waals surface area contributed by atoms with E-state index in [2.05, 4.69) is 94.6 Å². The predicted octanol–water partition coefficient (Wildman–Crippen LogP) is 5.20. The van der Waals surface area contributed by atoms with Crippen molar-refractivity contribution in [2.24, 2.45) is 0 Å². The quantitative estimate of drug-likeness (QED) is 0.276. The maximum atomic E-state index is 2.30. The minimum atomic E-state index is 0. The zero-order valence-electron chi connectivity index (χ0n) is 14.6. The summed E-state index contributed by atoms with van der Waals surface area (Å²) in [5, 5.41) is 5.23. The van der Waals surface area contributed by atoms with Crippen molar-refractivity contribution < 1.29 is 9.13 Å². The molecule has 134 valence electrons. The van der Waals surface area contributed by atoms with Crippen LogP contribution in [0.3, 0.4) is 0 Å². The molecule has 0 aliphatic carbocycles. The lowest BCUT2D eigenvalue weighted by atomic mass is 10.2. The molecule has 4 rings (SSSR count). The van der Waals surface area contributed by atoms with Gasteiger partial charge < -0.3 is 0 Å². The first-order chi connectivity index (χ1) is 11.9. The van der Waals surface area contributed by atoms with Gasteiger partial charge in [-0.1, -0.05) is 36.4 Å². The highest BCUT2D eigenvalue weighted by atomic mass is 79.9. The number of benzene rings is 2. The third-order valence-electron chi connectivity index (χ3n) is 4.58. The Kier molecular flexibility index (Phi) is 7.73. The van der Waals surface area contributed by atoms with E-state index in [4.69, 9.17) is 0 Å². The molecular formula is C22H24Br2N2+2. The Morgan fingerprint density at radius 3 is 1.31 bits per heavy atom. The van der Waals surface area contributed by atoms with Gasteiger partial charge in [0.15, 0.2) is 24.8 Å². The second-order valence-electron chi connectivity index (χ2n) is 6.33. The Hall–Kier alpha value is -1.78. The Labute approximate surface area is 175 Å². The molecule has 0 fully saturated rings. The smallest absolute Gasteiger partial charge is 0.176 e. The zero-order chi connectivity index (χ0) is 16.2. The highest BCUT2D eigenvalue weighted by Gasteiger charge is 2.06. The van der Waals surface area contributed by atoms with Crippen LogP contribution in [0.25, 0.3) is 21.5 Å². The third kappa shape index (κ3) is 4.89. The largest absolute Gasteiger partial charge is 0.204 e. The van der Waals surface area contributed by atoms with Crippen LogP contribution in [0.4, 0.5) is 0 Å². The summed E-state index contributed by atoms with van der Waals surface area (Å²) in [5.41, 5.74) is 0. The molecule has 0 amide bonds. The summed E-state index contributed by atoms with van der Waals surface area (Å²) in [5.74, 6) is 0. The number of halogens is 2. The maximum Gasteiger partial charge on any atom is 0.176 e. The van der Waals surface area contributed by atoms with E-state index in [1.807, 2.05) is 0 Å². The first-order valence-electron chi connectivity index (χ1n) is 8.64. The van der Waals surface area contributed by atoms with Crippen LogP contribution in [0.1, 0.15) is 12.8 Å². The van der Waals surface area contributed by atoms with Crippen LogP contribution in [0.15, 0.2) is 85.5 Å². The number of aryl methyl sites for hydroxylation is 2. The van der Waals surface area contributed by atoms with Crippen molar-refractivity contribution >= 4 is 55.5 Å². The van der Waals surface area contributed by atoms with Crippen LogP contribution in [0.5, 0.6) is 0 Å². The minimum Gasteiger partial charge on any atom is -0.204 e. The summed E-state index contributed by atoms with van der Waals surface area (Å²) in [6.07, 6.45) is 11.2. The van der Waals surface area contributed by atoms with Crippen molar-refractivity contribution in [2.45, 2.75) is 25.9 Å². The average Bonchev–Trinajstić information content (AvgIpc) is 2.65. The molecule has 0 bridgehead atoms. The van der Waals surface area contributed by atoms with Crippen molar-refractivity contribution in [3.05, 3.63) is 85.5 Å². The van der Waals surface area contributed by atoms with E-state index in [-0.39, 0.29) is 34.0 Å². The van der Waals surface area contributed by atoms with Gasteiger partial charge in [0.1, 0.15) is 13.1 Å². The highest BCUT2D eigenvalue weighted by Crippen LogP contribution is 2.10. The minimum absolute atomic E-state index is 0. The molecule has 0 saturated carbocycles. The molecule has 26 heavy (non-hydrogen) atoms. The molecule has 0 atom stereocenters. The van der Waals surface area contributed by atoms with Crippen molar-refractivity contribution in [2.75, 3.05) is 0 Å². The number of hydrogen-bond donors (Lipinski definition) is 0. The van der Waals surface area contributed by atoms with E-state index in [0.29, 0.717) is 0 Å². The zero-order valence-corrected chi connectivity index (χ0v) is 18.0. The van der Waals surface area contributed by atoms with E-state index in [1.165, 1.54) is 34.4 Å². The lowest BCUT2D eigenvalue weighted by Gasteiger charge is -2.00. The van der Waals surface area contributed by atoms with Crippen LogP contribution in [0.2, 0.25) is 0 Å². The number of nitrogens with zero attached hydrogens (tertiary/aromatic N) is 2. The molecule has 0 aliphatic heterocycles. The summed E-state index contributed by atoms with van der Waals surface area (Å²) in [6.45, 7) is 2.14. The van der Waals surface area contributed by atoms with Gasteiger partial charge in [-0.25, -0.2) is 9.13 Å². The molecule has 4 heteroatoms. The summed E-state index contributed by atoms with van der Waals surface area (Å²) in [6, 6.07) is 21.5. The first-order valence-corrected chi connectivity index (χ1v) is 8.64. The fraction of sp³-hybridized carbons (Fsp3) is 0.182. The molecule has 2 heterocycles. The van der Waals surface area contributed by atoms with Crippen LogP contribution >= 0.6 is 34.0 Å². The summed E-state index contributed by atoms with van der Waals surface area (Å²) in [4.78, 5) is 0. The molecule has 0 saturated heterocycles. The van der Waals surface area contributed by atoms with Crippen LogP contribution in [0, 0.1) is 0 Å². The standard InChI is InChI=1S/C22H22N2.2BrH/c1-3-9-21-17-23(15-11-19(21)7-1)13-5-6-14-24-16-12-20-8-2-4-10-22(20)18-24;;/h1-4,7-12,15-18H,5-6,13-14H2;2*1H/q+2;;. The maximum absolute atomic E-state index is 2.30. The van der Waals surface area contributed by atoms with Crippen molar-refractivity contribution in [3.8, 4) is 0 Å². The molecule has 2 aromatic carbocycles. The Balaban J connectivity index is 0.00000121. The number of rotatable bonds is 5. The Morgan fingerprint density at radius 2 is 0.885 bits per heavy atom. The van der Waals surface area contributed by atoms with Gasteiger partial charge in [-0.05, 0) is 22.9 Å². The number of fused-ring (bicyclic) bond motifs is 2. The van der Waals surface area contributed by atoms with Gasteiger partial charge in [-0.3, -0.25) is 0 Å². The van der Waals surface area contributed by atoms with Crippen LogP contribution in [-0.4, -0.2) is 0 Å². The molecule has 0 spiro atoms. The van der Waals surface area contributed by atoms with Gasteiger partial charge in [0.25, 0.3) is 0 Å². The van der Waals surface area contributed by atoms with Gasteiger partial charge in [0.2, 0.25) is 0 Å². The van der Waals surface area contributed by atoms with Gasteiger partial charge in [-0.15, -0.1) is 34.0 Å². The lowest BCUT2D eigenvalue weighted by molar-refractivity contribution is -0.706. The van der Waals surface area contributed by atoms with E-state index in [0.717, 1.165) is 13.1 Å². The first kappa shape index (κ1) is 20.5. The Morgan fingerprint density at radius 1 is 0.500 bits per heavy atom. The van der Waals surface area contributed by atoms with Crippen molar-refractivity contribution in [1.82, 2.24) is 0 Å². The molecule has 0 N–H and O–H groups in total. The van der Waals surface area contributed by atoms with E-state index in [1.54, 1.807) is 0 Å². The summed E-state index contributed by atoms with van der Waals surface area (Å²) >= 11 is 0. The van der Waals surface area contributed by atoms with Crippen molar-refractivity contribution in [1.29, 1.82) is 0 Å². The fourth-order valence-corrected chi connectivity index (χ4v) is 3.22. The molecule has 0 radical (unpaired) electrons. The van der Waals surface area contributed by atoms with Crippen molar-refractivity contribution in [3.63, 3.8) is 0 Å². The fourth-order valence-electron chi connectivity index (χ4n) is 3.22. The highest BCUT2D eigenvalue weighted by molar-refractivity contribution is 8.93. The topological polar surface area (TPSA) is 7.76 Å². The normalized spacial score (nSPS) is 10.3. The second-order valence-corrected chi connectivity index (χ2v) is 6.33. The Bertz CT molecular complexity index is 904. The van der Waals surface area contributed by atoms with E-state index in [9.17, 15) is 0 Å². The lowest BCUT2D eigenvalue weighted by Crippen LogP contribution is -2.35. The summed E-state index contributed by atoms with van der Waals surface area (Å²) in [7, 11) is 0. The SMILES string of the molecule is Br.Br.c1ccc2c[n+](CCCC[n+]3ccc4ccccc4c3)ccc2c1. The van der Waals surface area contributed by atoms with Gasteiger partial charge in [-0.2, -0.15) is 0 Å². The molecular weight excluding hydrogens is 452 g/mol. The monoisotopic (exact) mass is 474 g/mol. The number of pyridine rings is 2. The van der Waals surface area contributed by atoms with Gasteiger partial charge >= 0.3 is 0 Å². The number of aromatic nitrogens is 2.